The highest BCUT2D eigenvalue weighted by Gasteiger charge is 2.46. The van der Waals surface area contributed by atoms with Crippen LogP contribution in [0.4, 0.5) is 0 Å². The molecule has 0 spiro atoms. The lowest BCUT2D eigenvalue weighted by molar-refractivity contribution is 0.257. The molecular weight excluding hydrogens is 339 g/mol. The lowest BCUT2D eigenvalue weighted by Gasteiger charge is -2.40. The van der Waals surface area contributed by atoms with Crippen molar-refractivity contribution in [3.63, 3.8) is 0 Å². The predicted octanol–water partition coefficient (Wildman–Crippen LogP) is 6.36. The Bertz CT molecular complexity index is 672. The quantitative estimate of drug-likeness (QED) is 0.342. The van der Waals surface area contributed by atoms with E-state index >= 15 is 0 Å². The van der Waals surface area contributed by atoms with Gasteiger partial charge in [0.05, 0.1) is 13.2 Å². The Kier molecular flexibility index (Phi) is 6.57. The third kappa shape index (κ3) is 3.59. The summed E-state index contributed by atoms with van der Waals surface area (Å²) in [6.07, 6.45) is 0. The van der Waals surface area contributed by atoms with E-state index in [9.17, 15) is 0 Å². The van der Waals surface area contributed by atoms with E-state index < -0.39 is 13.5 Å². The first-order valence-electron chi connectivity index (χ1n) is 9.06. The van der Waals surface area contributed by atoms with Crippen molar-refractivity contribution in [2.75, 3.05) is 13.2 Å². The van der Waals surface area contributed by atoms with Crippen LogP contribution in [0.15, 0.2) is 91.0 Å². The molecule has 0 aromatic heterocycles. The van der Waals surface area contributed by atoms with E-state index in [4.69, 9.17) is 9.05 Å². The van der Waals surface area contributed by atoms with Crippen molar-refractivity contribution in [1.29, 1.82) is 0 Å². The van der Waals surface area contributed by atoms with Gasteiger partial charge in [-0.15, -0.1) is 0 Å². The zero-order chi connectivity index (χ0) is 18.2. The largest absolute Gasteiger partial charge is 0.333 e. The Morgan fingerprint density at radius 2 is 0.885 bits per heavy atom. The molecule has 3 rings (SSSR count). The van der Waals surface area contributed by atoms with Crippen LogP contribution in [0.5, 0.6) is 0 Å². The summed E-state index contributed by atoms with van der Waals surface area (Å²) in [5.41, 5.74) is 3.56. The van der Waals surface area contributed by atoms with Gasteiger partial charge < -0.3 is 9.05 Å². The van der Waals surface area contributed by atoms with E-state index in [1.54, 1.807) is 0 Å². The van der Waals surface area contributed by atoms with Crippen LogP contribution in [0.25, 0.3) is 0 Å². The van der Waals surface area contributed by atoms with E-state index in [2.05, 4.69) is 72.8 Å². The fourth-order valence-corrected chi connectivity index (χ4v) is 5.33. The van der Waals surface area contributed by atoms with Crippen LogP contribution < -0.4 is 0 Å². The van der Waals surface area contributed by atoms with Gasteiger partial charge in [0, 0.05) is 0 Å². The normalized spacial score (nSPS) is 11.7. The third-order valence-electron chi connectivity index (χ3n) is 4.34. The van der Waals surface area contributed by atoms with Gasteiger partial charge in [0.15, 0.2) is 8.38 Å². The van der Waals surface area contributed by atoms with Crippen LogP contribution in [0.1, 0.15) is 30.5 Å². The molecule has 3 heteroatoms. The van der Waals surface area contributed by atoms with Crippen LogP contribution in [0.2, 0.25) is 0 Å². The Balaban J connectivity index is 2.34. The van der Waals surface area contributed by atoms with Crippen LogP contribution in [0, 0.1) is 0 Å². The van der Waals surface area contributed by atoms with Crippen molar-refractivity contribution < 1.29 is 9.05 Å². The fraction of sp³-hybridized carbons (Fsp3) is 0.217. The Hall–Kier alpha value is -1.99. The number of hydrogen-bond acceptors (Lipinski definition) is 2. The molecule has 0 aliphatic heterocycles. The third-order valence-corrected chi connectivity index (χ3v) is 6.65. The van der Waals surface area contributed by atoms with Crippen LogP contribution in [-0.2, 0) is 14.2 Å². The maximum Gasteiger partial charge on any atom is 0.191 e. The Labute approximate surface area is 157 Å². The topological polar surface area (TPSA) is 18.5 Å². The van der Waals surface area contributed by atoms with E-state index in [1.807, 2.05) is 32.0 Å². The molecule has 0 saturated carbocycles. The molecule has 3 aromatic rings. The van der Waals surface area contributed by atoms with E-state index in [-0.39, 0.29) is 0 Å². The minimum absolute atomic E-state index is 0.481. The molecule has 0 unspecified atom stereocenters. The van der Waals surface area contributed by atoms with E-state index in [0.717, 1.165) is 0 Å². The van der Waals surface area contributed by atoms with Crippen molar-refractivity contribution in [1.82, 2.24) is 0 Å². The predicted molar refractivity (Wildman–Crippen MR) is 109 cm³/mol. The zero-order valence-electron chi connectivity index (χ0n) is 15.3. The average Bonchev–Trinajstić information content (AvgIpc) is 2.71. The first-order chi connectivity index (χ1) is 12.8. The summed E-state index contributed by atoms with van der Waals surface area (Å²) in [5, 5.41) is -0.481. The Morgan fingerprint density at radius 1 is 0.577 bits per heavy atom. The van der Waals surface area contributed by atoms with Gasteiger partial charge in [-0.25, -0.2) is 0 Å². The summed E-state index contributed by atoms with van der Waals surface area (Å²) in [4.78, 5) is 0. The van der Waals surface area contributed by atoms with Crippen molar-refractivity contribution in [3.8, 4) is 0 Å². The molecule has 3 aromatic carbocycles. The molecule has 0 radical (unpaired) electrons. The first-order valence-corrected chi connectivity index (χ1v) is 10.2. The second-order valence-corrected chi connectivity index (χ2v) is 7.60. The molecule has 134 valence electrons. The van der Waals surface area contributed by atoms with Gasteiger partial charge in [-0.3, -0.25) is 0 Å². The van der Waals surface area contributed by atoms with Gasteiger partial charge in [-0.1, -0.05) is 91.0 Å². The summed E-state index contributed by atoms with van der Waals surface area (Å²) in [7, 11) is -1.24. The van der Waals surface area contributed by atoms with Gasteiger partial charge in [-0.2, -0.15) is 0 Å². The maximum atomic E-state index is 6.25. The second-order valence-electron chi connectivity index (χ2n) is 5.90. The molecule has 0 amide bonds. The van der Waals surface area contributed by atoms with Crippen LogP contribution in [-0.4, -0.2) is 13.2 Å². The SMILES string of the molecule is CCOP(OCC)C(c1ccccc1)(c1ccccc1)c1ccccc1. The molecule has 0 aliphatic carbocycles. The highest BCUT2D eigenvalue weighted by Crippen LogP contribution is 2.64. The van der Waals surface area contributed by atoms with E-state index in [1.165, 1.54) is 16.7 Å². The first kappa shape index (κ1) is 18.8. The van der Waals surface area contributed by atoms with Crippen molar-refractivity contribution in [2.24, 2.45) is 0 Å². The second kappa shape index (κ2) is 9.09. The minimum Gasteiger partial charge on any atom is -0.333 e. The number of rotatable bonds is 8. The lowest BCUT2D eigenvalue weighted by Crippen LogP contribution is -2.29. The zero-order valence-corrected chi connectivity index (χ0v) is 16.2. The summed E-state index contributed by atoms with van der Waals surface area (Å²) >= 11 is 0. The van der Waals surface area contributed by atoms with Gasteiger partial charge in [0.2, 0.25) is 0 Å². The van der Waals surface area contributed by atoms with Crippen LogP contribution >= 0.6 is 8.38 Å². The lowest BCUT2D eigenvalue weighted by atomic mass is 9.84. The molecule has 0 aliphatic rings. The molecule has 0 N–H and O–H groups in total. The summed E-state index contributed by atoms with van der Waals surface area (Å²) in [6.45, 7) is 5.28. The molecule has 0 heterocycles. The molecule has 2 nitrogen and oxygen atoms in total. The molecule has 0 bridgehead atoms. The Morgan fingerprint density at radius 3 is 1.15 bits per heavy atom. The van der Waals surface area contributed by atoms with Crippen LogP contribution in [0.3, 0.4) is 0 Å². The summed E-state index contributed by atoms with van der Waals surface area (Å²) in [6, 6.07) is 31.7. The maximum absolute atomic E-state index is 6.25. The minimum atomic E-state index is -1.24. The molecule has 26 heavy (non-hydrogen) atoms. The fourth-order valence-electron chi connectivity index (χ4n) is 3.32. The highest BCUT2D eigenvalue weighted by atomic mass is 31.2. The van der Waals surface area contributed by atoms with Crippen molar-refractivity contribution in [2.45, 2.75) is 19.0 Å². The standard InChI is InChI=1S/C23H25O2P/c1-3-24-26(25-4-2)23(20-14-8-5-9-15-20,21-16-10-6-11-17-21)22-18-12-7-13-19-22/h5-19H,3-4H2,1-2H3. The number of benzene rings is 3. The smallest absolute Gasteiger partial charge is 0.191 e. The van der Waals surface area contributed by atoms with E-state index in [0.29, 0.717) is 13.2 Å². The average molecular weight is 364 g/mol. The molecule has 0 atom stereocenters. The molecule has 0 fully saturated rings. The summed E-state index contributed by atoms with van der Waals surface area (Å²) < 4.78 is 12.5. The highest BCUT2D eigenvalue weighted by molar-refractivity contribution is 7.49. The molecule has 0 saturated heterocycles. The van der Waals surface area contributed by atoms with Gasteiger partial charge >= 0.3 is 0 Å². The number of hydrogen-bond donors (Lipinski definition) is 0. The monoisotopic (exact) mass is 364 g/mol. The summed E-state index contributed by atoms with van der Waals surface area (Å²) in [5.74, 6) is 0. The van der Waals surface area contributed by atoms with Gasteiger partial charge in [-0.05, 0) is 30.5 Å². The van der Waals surface area contributed by atoms with Gasteiger partial charge in [0.25, 0.3) is 0 Å². The van der Waals surface area contributed by atoms with Gasteiger partial charge in [0.1, 0.15) is 5.16 Å². The molecular formula is C23H25O2P. The van der Waals surface area contributed by atoms with Crippen molar-refractivity contribution >= 4 is 8.38 Å². The van der Waals surface area contributed by atoms with Crippen molar-refractivity contribution in [3.05, 3.63) is 108 Å².